The molecule has 1 aliphatic heterocycles. The van der Waals surface area contributed by atoms with Crippen molar-refractivity contribution in [2.45, 2.75) is 26.7 Å². The number of likely N-dealkylation sites (tertiary alicyclic amines) is 1. The van der Waals surface area contributed by atoms with Gasteiger partial charge >= 0.3 is 0 Å². The lowest BCUT2D eigenvalue weighted by atomic mass is 9.96. The van der Waals surface area contributed by atoms with Crippen molar-refractivity contribution < 1.29 is 9.59 Å². The fourth-order valence-electron chi connectivity index (χ4n) is 2.42. The highest BCUT2D eigenvalue weighted by atomic mass is 16.2. The Bertz CT molecular complexity index is 282. The summed E-state index contributed by atoms with van der Waals surface area (Å²) >= 11 is 0. The number of hydrogen-bond acceptors (Lipinski definition) is 3. The molecule has 0 aliphatic carbocycles. The van der Waals surface area contributed by atoms with Gasteiger partial charge in [-0.15, -0.1) is 0 Å². The highest BCUT2D eigenvalue weighted by molar-refractivity contribution is 5.79. The normalized spacial score (nSPS) is 17.5. The minimum atomic E-state index is 0.120. The topological polar surface area (TPSA) is 52.7 Å². The first-order valence-electron chi connectivity index (χ1n) is 6.84. The van der Waals surface area contributed by atoms with Crippen LogP contribution < -0.4 is 5.32 Å². The highest BCUT2D eigenvalue weighted by Gasteiger charge is 2.25. The molecule has 104 valence electrons. The zero-order chi connectivity index (χ0) is 13.5. The van der Waals surface area contributed by atoms with Gasteiger partial charge in [-0.1, -0.05) is 0 Å². The summed E-state index contributed by atoms with van der Waals surface area (Å²) in [5.41, 5.74) is 0. The van der Waals surface area contributed by atoms with Gasteiger partial charge in [0.1, 0.15) is 0 Å². The van der Waals surface area contributed by atoms with E-state index in [9.17, 15) is 9.59 Å². The van der Waals surface area contributed by atoms with Crippen molar-refractivity contribution in [2.75, 3.05) is 39.8 Å². The molecular weight excluding hydrogens is 230 g/mol. The number of carbonyl (C=O) groups is 2. The van der Waals surface area contributed by atoms with Crippen LogP contribution in [0.3, 0.4) is 0 Å². The molecule has 5 heteroatoms. The third-order valence-electron chi connectivity index (χ3n) is 3.68. The molecule has 1 fully saturated rings. The van der Waals surface area contributed by atoms with Gasteiger partial charge in [0.15, 0.2) is 0 Å². The lowest BCUT2D eigenvalue weighted by Crippen LogP contribution is -2.45. The van der Waals surface area contributed by atoms with Gasteiger partial charge in [-0.05, 0) is 39.8 Å². The van der Waals surface area contributed by atoms with E-state index in [1.54, 1.807) is 7.05 Å². The van der Waals surface area contributed by atoms with Crippen LogP contribution in [0.15, 0.2) is 0 Å². The number of carbonyl (C=O) groups excluding carboxylic acids is 2. The number of hydrogen-bond donors (Lipinski definition) is 1. The van der Waals surface area contributed by atoms with Crippen LogP contribution in [0.4, 0.5) is 0 Å². The fraction of sp³-hybridized carbons (Fsp3) is 0.846. The maximum Gasteiger partial charge on any atom is 0.236 e. The third-order valence-corrected chi connectivity index (χ3v) is 3.68. The van der Waals surface area contributed by atoms with Crippen molar-refractivity contribution in [2.24, 2.45) is 5.92 Å². The Morgan fingerprint density at radius 3 is 2.22 bits per heavy atom. The van der Waals surface area contributed by atoms with Crippen molar-refractivity contribution in [1.29, 1.82) is 0 Å². The Hall–Kier alpha value is -1.10. The van der Waals surface area contributed by atoms with Crippen LogP contribution >= 0.6 is 0 Å². The Balaban J connectivity index is 2.35. The Morgan fingerprint density at radius 1 is 1.22 bits per heavy atom. The molecule has 1 N–H and O–H groups in total. The highest BCUT2D eigenvalue weighted by Crippen LogP contribution is 2.17. The van der Waals surface area contributed by atoms with Crippen molar-refractivity contribution in [3.8, 4) is 0 Å². The Kier molecular flexibility index (Phi) is 6.12. The summed E-state index contributed by atoms with van der Waals surface area (Å²) in [6.45, 7) is 7.70. The minimum Gasteiger partial charge on any atom is -0.359 e. The summed E-state index contributed by atoms with van der Waals surface area (Å²) in [6.07, 6.45) is 1.70. The van der Waals surface area contributed by atoms with Gasteiger partial charge in [0.05, 0.1) is 6.54 Å². The van der Waals surface area contributed by atoms with Crippen molar-refractivity contribution in [1.82, 2.24) is 15.1 Å². The largest absolute Gasteiger partial charge is 0.359 e. The van der Waals surface area contributed by atoms with Gasteiger partial charge in [0, 0.05) is 26.1 Å². The molecule has 0 saturated carbocycles. The van der Waals surface area contributed by atoms with Gasteiger partial charge in [0.2, 0.25) is 11.8 Å². The Labute approximate surface area is 110 Å². The number of nitrogens with zero attached hydrogens (tertiary/aromatic N) is 2. The van der Waals surface area contributed by atoms with Gasteiger partial charge in [-0.3, -0.25) is 14.5 Å². The maximum atomic E-state index is 12.0. The summed E-state index contributed by atoms with van der Waals surface area (Å²) in [4.78, 5) is 27.4. The van der Waals surface area contributed by atoms with Crippen molar-refractivity contribution >= 4 is 11.8 Å². The average Bonchev–Trinajstić information content (AvgIpc) is 2.40. The van der Waals surface area contributed by atoms with E-state index >= 15 is 0 Å². The molecule has 0 spiro atoms. The molecule has 1 saturated heterocycles. The van der Waals surface area contributed by atoms with Gasteiger partial charge in [0.25, 0.3) is 0 Å². The smallest absolute Gasteiger partial charge is 0.236 e. The third kappa shape index (κ3) is 3.98. The van der Waals surface area contributed by atoms with E-state index in [2.05, 4.69) is 10.2 Å². The van der Waals surface area contributed by atoms with E-state index in [-0.39, 0.29) is 17.7 Å². The van der Waals surface area contributed by atoms with Crippen LogP contribution in [0.5, 0.6) is 0 Å². The molecule has 0 aromatic carbocycles. The molecular formula is C13H25N3O2. The number of nitrogens with one attached hydrogen (secondary N) is 1. The fourth-order valence-corrected chi connectivity index (χ4v) is 2.42. The predicted octanol–water partition coefficient (Wildman–Crippen LogP) is 0.313. The quantitative estimate of drug-likeness (QED) is 0.769. The lowest BCUT2D eigenvalue weighted by Gasteiger charge is -2.32. The summed E-state index contributed by atoms with van der Waals surface area (Å²) in [5.74, 6) is 0.443. The molecule has 0 aromatic rings. The number of amides is 2. The van der Waals surface area contributed by atoms with Gasteiger partial charge < -0.3 is 10.2 Å². The first-order valence-corrected chi connectivity index (χ1v) is 6.84. The minimum absolute atomic E-state index is 0.120. The monoisotopic (exact) mass is 255 g/mol. The second kappa shape index (κ2) is 7.36. The zero-order valence-corrected chi connectivity index (χ0v) is 11.7. The molecule has 0 aromatic heterocycles. The first-order chi connectivity index (χ1) is 8.62. The zero-order valence-electron chi connectivity index (χ0n) is 11.7. The van der Waals surface area contributed by atoms with Crippen molar-refractivity contribution in [3.05, 3.63) is 0 Å². The number of piperidine rings is 1. The molecule has 5 nitrogen and oxygen atoms in total. The summed E-state index contributed by atoms with van der Waals surface area (Å²) < 4.78 is 0. The second-order valence-corrected chi connectivity index (χ2v) is 4.73. The van der Waals surface area contributed by atoms with E-state index in [1.807, 2.05) is 18.7 Å². The van der Waals surface area contributed by atoms with E-state index in [4.69, 9.17) is 0 Å². The molecule has 1 aliphatic rings. The van der Waals surface area contributed by atoms with Crippen LogP contribution in [0.2, 0.25) is 0 Å². The molecule has 2 amide bonds. The molecule has 0 bridgehead atoms. The predicted molar refractivity (Wildman–Crippen MR) is 71.2 cm³/mol. The second-order valence-electron chi connectivity index (χ2n) is 4.73. The standard InChI is InChI=1S/C13H25N3O2/c1-4-16(5-2)12(17)10-15-8-6-11(7-9-15)13(18)14-3/h11H,4-10H2,1-3H3,(H,14,18). The molecule has 1 heterocycles. The first kappa shape index (κ1) is 15.0. The van der Waals surface area contributed by atoms with Crippen LogP contribution in [0, 0.1) is 5.92 Å². The molecule has 0 unspecified atom stereocenters. The average molecular weight is 255 g/mol. The van der Waals surface area contributed by atoms with Crippen LogP contribution in [-0.4, -0.2) is 61.4 Å². The summed E-state index contributed by atoms with van der Waals surface area (Å²) in [7, 11) is 1.68. The molecule has 0 radical (unpaired) electrons. The van der Waals surface area contributed by atoms with E-state index in [1.165, 1.54) is 0 Å². The van der Waals surface area contributed by atoms with Crippen LogP contribution in [0.25, 0.3) is 0 Å². The van der Waals surface area contributed by atoms with E-state index in [0.717, 1.165) is 39.0 Å². The van der Waals surface area contributed by atoms with Crippen LogP contribution in [-0.2, 0) is 9.59 Å². The van der Waals surface area contributed by atoms with Crippen molar-refractivity contribution in [3.63, 3.8) is 0 Å². The maximum absolute atomic E-state index is 12.0. The van der Waals surface area contributed by atoms with Gasteiger partial charge in [-0.2, -0.15) is 0 Å². The van der Waals surface area contributed by atoms with E-state index < -0.39 is 0 Å². The molecule has 0 atom stereocenters. The Morgan fingerprint density at radius 2 is 1.78 bits per heavy atom. The number of likely N-dealkylation sites (N-methyl/N-ethyl adjacent to an activating group) is 1. The van der Waals surface area contributed by atoms with Gasteiger partial charge in [-0.25, -0.2) is 0 Å². The summed E-state index contributed by atoms with van der Waals surface area (Å²) in [5, 5.41) is 2.69. The SMILES string of the molecule is CCN(CC)C(=O)CN1CCC(C(=O)NC)CC1. The molecule has 1 rings (SSSR count). The van der Waals surface area contributed by atoms with E-state index in [0.29, 0.717) is 6.54 Å². The summed E-state index contributed by atoms with van der Waals surface area (Å²) in [6, 6.07) is 0. The molecule has 18 heavy (non-hydrogen) atoms. The lowest BCUT2D eigenvalue weighted by molar-refractivity contribution is -0.132. The number of rotatable bonds is 5. The van der Waals surface area contributed by atoms with Crippen LogP contribution in [0.1, 0.15) is 26.7 Å².